The molecule has 2 aromatic heterocycles. The lowest BCUT2D eigenvalue weighted by Gasteiger charge is -2.09. The number of anilines is 1. The van der Waals surface area contributed by atoms with E-state index in [1.165, 1.54) is 18.9 Å². The number of rotatable bonds is 6. The Hall–Kier alpha value is -3.39. The quantitative estimate of drug-likeness (QED) is 0.279. The predicted molar refractivity (Wildman–Crippen MR) is 116 cm³/mol. The van der Waals surface area contributed by atoms with E-state index < -0.39 is 5.97 Å². The van der Waals surface area contributed by atoms with Crippen molar-refractivity contribution in [1.82, 2.24) is 9.97 Å². The summed E-state index contributed by atoms with van der Waals surface area (Å²) in [6.45, 7) is 1.98. The highest BCUT2D eigenvalue weighted by Gasteiger charge is 2.18. The number of carbonyl (C=O) groups is 2. The zero-order chi connectivity index (χ0) is 21.1. The summed E-state index contributed by atoms with van der Waals surface area (Å²) in [4.78, 5) is 33.6. The Morgan fingerprint density at radius 1 is 1.10 bits per heavy atom. The van der Waals surface area contributed by atoms with Gasteiger partial charge in [0.25, 0.3) is 0 Å². The highest BCUT2D eigenvalue weighted by Crippen LogP contribution is 2.33. The molecule has 30 heavy (non-hydrogen) atoms. The maximum Gasteiger partial charge on any atom is 0.339 e. The van der Waals surface area contributed by atoms with Crippen LogP contribution in [0.2, 0.25) is 0 Å². The van der Waals surface area contributed by atoms with Gasteiger partial charge in [0, 0.05) is 11.8 Å². The summed E-state index contributed by atoms with van der Waals surface area (Å²) in [5, 5.41) is 4.30. The standard InChI is InChI=1S/C22H19N3O4S/c1-3-17-24-19-14-9-5-7-11-16(14)29-20(19)21(25-17)30-12-18(26)23-15-10-6-4-8-13(15)22(27)28-2/h4-11H,3,12H2,1-2H3,(H,23,26). The third-order valence-corrected chi connectivity index (χ3v) is 5.45. The fraction of sp³-hybridized carbons (Fsp3) is 0.182. The van der Waals surface area contributed by atoms with Gasteiger partial charge in [0.15, 0.2) is 5.58 Å². The van der Waals surface area contributed by atoms with Crippen LogP contribution in [0, 0.1) is 0 Å². The molecule has 0 unspecified atom stereocenters. The van der Waals surface area contributed by atoms with E-state index in [-0.39, 0.29) is 11.7 Å². The number of carbonyl (C=O) groups excluding carboxylic acids is 2. The van der Waals surface area contributed by atoms with Crippen molar-refractivity contribution in [3.8, 4) is 0 Å². The summed E-state index contributed by atoms with van der Waals surface area (Å²) in [7, 11) is 1.30. The van der Waals surface area contributed by atoms with E-state index >= 15 is 0 Å². The van der Waals surface area contributed by atoms with Gasteiger partial charge in [0.1, 0.15) is 22.0 Å². The molecule has 0 spiro atoms. The first kappa shape index (κ1) is 19.9. The van der Waals surface area contributed by atoms with Crippen molar-refractivity contribution >= 4 is 51.4 Å². The Labute approximate surface area is 176 Å². The number of aromatic nitrogens is 2. The molecule has 0 aliphatic rings. The lowest BCUT2D eigenvalue weighted by atomic mass is 10.2. The molecule has 7 nitrogen and oxygen atoms in total. The molecule has 0 fully saturated rings. The van der Waals surface area contributed by atoms with Crippen LogP contribution in [0.5, 0.6) is 0 Å². The number of nitrogens with one attached hydrogen (secondary N) is 1. The number of fused-ring (bicyclic) bond motifs is 3. The van der Waals surface area contributed by atoms with Crippen LogP contribution in [-0.4, -0.2) is 34.7 Å². The number of nitrogens with zero attached hydrogens (tertiary/aromatic N) is 2. The van der Waals surface area contributed by atoms with E-state index in [1.807, 2.05) is 31.2 Å². The molecule has 0 bridgehead atoms. The fourth-order valence-electron chi connectivity index (χ4n) is 3.07. The third kappa shape index (κ3) is 3.86. The Bertz CT molecular complexity index is 1250. The van der Waals surface area contributed by atoms with Crippen LogP contribution in [0.1, 0.15) is 23.1 Å². The van der Waals surface area contributed by atoms with Crippen LogP contribution in [0.3, 0.4) is 0 Å². The molecule has 1 amide bonds. The van der Waals surface area contributed by atoms with E-state index in [9.17, 15) is 9.59 Å². The van der Waals surface area contributed by atoms with Crippen molar-refractivity contribution in [2.45, 2.75) is 18.4 Å². The van der Waals surface area contributed by atoms with Gasteiger partial charge in [-0.3, -0.25) is 4.79 Å². The monoisotopic (exact) mass is 421 g/mol. The molecule has 4 aromatic rings. The number of hydrogen-bond acceptors (Lipinski definition) is 7. The van der Waals surface area contributed by atoms with Gasteiger partial charge >= 0.3 is 5.97 Å². The van der Waals surface area contributed by atoms with E-state index in [2.05, 4.69) is 15.3 Å². The largest absolute Gasteiger partial charge is 0.465 e. The van der Waals surface area contributed by atoms with Crippen molar-refractivity contribution in [3.63, 3.8) is 0 Å². The van der Waals surface area contributed by atoms with Gasteiger partial charge in [-0.25, -0.2) is 14.8 Å². The normalized spacial score (nSPS) is 11.0. The molecule has 0 aliphatic carbocycles. The van der Waals surface area contributed by atoms with Crippen molar-refractivity contribution in [2.24, 2.45) is 0 Å². The Balaban J connectivity index is 1.58. The number of esters is 1. The van der Waals surface area contributed by atoms with E-state index in [0.29, 0.717) is 34.1 Å². The lowest BCUT2D eigenvalue weighted by Crippen LogP contribution is -2.17. The molecule has 0 atom stereocenters. The first-order valence-electron chi connectivity index (χ1n) is 9.39. The third-order valence-electron chi connectivity index (χ3n) is 4.50. The molecule has 0 radical (unpaired) electrons. The lowest BCUT2D eigenvalue weighted by molar-refractivity contribution is -0.113. The van der Waals surface area contributed by atoms with Crippen LogP contribution in [0.15, 0.2) is 58.0 Å². The van der Waals surface area contributed by atoms with Gasteiger partial charge in [0.2, 0.25) is 5.91 Å². The van der Waals surface area contributed by atoms with Crippen molar-refractivity contribution in [1.29, 1.82) is 0 Å². The predicted octanol–water partition coefficient (Wildman–Crippen LogP) is 4.46. The average molecular weight is 421 g/mol. The number of amides is 1. The number of thioether (sulfide) groups is 1. The first-order chi connectivity index (χ1) is 14.6. The van der Waals surface area contributed by atoms with Gasteiger partial charge < -0.3 is 14.5 Å². The zero-order valence-corrected chi connectivity index (χ0v) is 17.3. The van der Waals surface area contributed by atoms with Gasteiger partial charge in [-0.05, 0) is 24.3 Å². The second kappa shape index (κ2) is 8.54. The second-order valence-electron chi connectivity index (χ2n) is 6.45. The Morgan fingerprint density at radius 2 is 1.87 bits per heavy atom. The topological polar surface area (TPSA) is 94.3 Å². The van der Waals surface area contributed by atoms with Crippen LogP contribution >= 0.6 is 11.8 Å². The highest BCUT2D eigenvalue weighted by atomic mass is 32.2. The number of benzene rings is 2. The van der Waals surface area contributed by atoms with Gasteiger partial charge in [-0.1, -0.05) is 43.0 Å². The smallest absolute Gasteiger partial charge is 0.339 e. The molecule has 0 saturated heterocycles. The van der Waals surface area contributed by atoms with Crippen LogP contribution < -0.4 is 5.32 Å². The molecule has 8 heteroatoms. The van der Waals surface area contributed by atoms with Gasteiger partial charge in [-0.15, -0.1) is 0 Å². The van der Waals surface area contributed by atoms with Crippen molar-refractivity contribution < 1.29 is 18.7 Å². The molecular formula is C22H19N3O4S. The van der Waals surface area contributed by atoms with Gasteiger partial charge in [0.05, 0.1) is 24.1 Å². The maximum absolute atomic E-state index is 12.6. The van der Waals surface area contributed by atoms with Crippen molar-refractivity contribution in [2.75, 3.05) is 18.2 Å². The molecular weight excluding hydrogens is 402 g/mol. The highest BCUT2D eigenvalue weighted by molar-refractivity contribution is 8.00. The maximum atomic E-state index is 12.6. The first-order valence-corrected chi connectivity index (χ1v) is 10.4. The molecule has 4 rings (SSSR count). The number of aryl methyl sites for hydroxylation is 1. The van der Waals surface area contributed by atoms with Crippen LogP contribution in [0.4, 0.5) is 5.69 Å². The number of furan rings is 1. The fourth-order valence-corrected chi connectivity index (χ4v) is 3.85. The summed E-state index contributed by atoms with van der Waals surface area (Å²) < 4.78 is 10.7. The zero-order valence-electron chi connectivity index (χ0n) is 16.5. The minimum absolute atomic E-state index is 0.0990. The van der Waals surface area contributed by atoms with Crippen molar-refractivity contribution in [3.05, 3.63) is 59.9 Å². The second-order valence-corrected chi connectivity index (χ2v) is 7.41. The minimum atomic E-state index is -0.508. The number of hydrogen-bond donors (Lipinski definition) is 1. The summed E-state index contributed by atoms with van der Waals surface area (Å²) in [6, 6.07) is 14.4. The van der Waals surface area contributed by atoms with Gasteiger partial charge in [-0.2, -0.15) is 0 Å². The summed E-state index contributed by atoms with van der Waals surface area (Å²) in [6.07, 6.45) is 0.668. The Morgan fingerprint density at radius 3 is 2.67 bits per heavy atom. The molecule has 2 aromatic carbocycles. The average Bonchev–Trinajstić information content (AvgIpc) is 3.16. The summed E-state index contributed by atoms with van der Waals surface area (Å²) >= 11 is 1.27. The minimum Gasteiger partial charge on any atom is -0.465 e. The molecule has 0 saturated carbocycles. The summed E-state index contributed by atoms with van der Waals surface area (Å²) in [5.74, 6) is 0.0122. The Kier molecular flexibility index (Phi) is 5.67. The molecule has 152 valence electrons. The number of methoxy groups -OCH3 is 1. The van der Waals surface area contributed by atoms with Crippen LogP contribution in [-0.2, 0) is 16.0 Å². The molecule has 2 heterocycles. The summed E-state index contributed by atoms with van der Waals surface area (Å²) in [5.41, 5.74) is 2.75. The van der Waals surface area contributed by atoms with E-state index in [1.54, 1.807) is 24.3 Å². The number of ether oxygens (including phenoxy) is 1. The SMILES string of the molecule is CCc1nc(SCC(=O)Nc2ccccc2C(=O)OC)c2oc3ccccc3c2n1. The molecule has 0 aliphatic heterocycles. The van der Waals surface area contributed by atoms with E-state index in [4.69, 9.17) is 9.15 Å². The molecule has 1 N–H and O–H groups in total. The number of para-hydroxylation sites is 2. The van der Waals surface area contributed by atoms with Crippen LogP contribution in [0.25, 0.3) is 22.1 Å². The van der Waals surface area contributed by atoms with E-state index in [0.717, 1.165) is 16.5 Å².